The Labute approximate surface area is 79.3 Å². The van der Waals surface area contributed by atoms with Gasteiger partial charge >= 0.3 is 0 Å². The van der Waals surface area contributed by atoms with E-state index in [0.29, 0.717) is 16.7 Å². The molecule has 0 amide bonds. The van der Waals surface area contributed by atoms with Crippen LogP contribution in [0, 0.1) is 18.6 Å². The van der Waals surface area contributed by atoms with Crippen molar-refractivity contribution in [2.75, 3.05) is 0 Å². The van der Waals surface area contributed by atoms with Gasteiger partial charge in [0, 0.05) is 11.5 Å². The monoisotopic (exact) mass is 197 g/mol. The van der Waals surface area contributed by atoms with Crippen molar-refractivity contribution >= 4 is 11.0 Å². The summed E-state index contributed by atoms with van der Waals surface area (Å²) < 4.78 is 31.2. The molecule has 2 N–H and O–H groups in total. The fourth-order valence-corrected chi connectivity index (χ4v) is 1.49. The molecule has 4 heteroatoms. The Hall–Kier alpha value is -1.42. The topological polar surface area (TPSA) is 39.2 Å². The van der Waals surface area contributed by atoms with Crippen molar-refractivity contribution in [3.05, 3.63) is 35.1 Å². The lowest BCUT2D eigenvalue weighted by molar-refractivity contribution is 0.514. The van der Waals surface area contributed by atoms with Crippen molar-refractivity contribution in [2.24, 2.45) is 5.73 Å². The van der Waals surface area contributed by atoms with E-state index in [1.54, 1.807) is 6.92 Å². The van der Waals surface area contributed by atoms with Crippen molar-refractivity contribution in [3.63, 3.8) is 0 Å². The highest BCUT2D eigenvalue weighted by Gasteiger charge is 2.13. The number of fused-ring (bicyclic) bond motifs is 1. The van der Waals surface area contributed by atoms with E-state index in [0.717, 1.165) is 6.07 Å². The molecule has 1 aromatic carbocycles. The Balaban J connectivity index is 2.85. The number of benzene rings is 1. The van der Waals surface area contributed by atoms with Crippen LogP contribution < -0.4 is 5.73 Å². The molecule has 0 saturated carbocycles. The van der Waals surface area contributed by atoms with Crippen LogP contribution in [0.25, 0.3) is 11.0 Å². The van der Waals surface area contributed by atoms with Crippen LogP contribution >= 0.6 is 0 Å². The van der Waals surface area contributed by atoms with Gasteiger partial charge < -0.3 is 10.2 Å². The molecule has 0 bridgehead atoms. The van der Waals surface area contributed by atoms with Gasteiger partial charge in [0.25, 0.3) is 0 Å². The van der Waals surface area contributed by atoms with Crippen LogP contribution in [-0.4, -0.2) is 0 Å². The van der Waals surface area contributed by atoms with E-state index in [-0.39, 0.29) is 12.1 Å². The molecule has 0 aliphatic heterocycles. The van der Waals surface area contributed by atoms with E-state index in [2.05, 4.69) is 0 Å². The van der Waals surface area contributed by atoms with Crippen molar-refractivity contribution < 1.29 is 13.2 Å². The van der Waals surface area contributed by atoms with Crippen LogP contribution in [0.4, 0.5) is 8.78 Å². The second-order valence-corrected chi connectivity index (χ2v) is 3.12. The number of hydrogen-bond donors (Lipinski definition) is 1. The molecule has 14 heavy (non-hydrogen) atoms. The van der Waals surface area contributed by atoms with Crippen LogP contribution in [0.1, 0.15) is 11.3 Å². The van der Waals surface area contributed by atoms with Crippen LogP contribution in [0.3, 0.4) is 0 Å². The highest BCUT2D eigenvalue weighted by atomic mass is 19.1. The summed E-state index contributed by atoms with van der Waals surface area (Å²) in [5, 5.41) is 0.447. The van der Waals surface area contributed by atoms with E-state index in [9.17, 15) is 8.78 Å². The first kappa shape index (κ1) is 9.15. The summed E-state index contributed by atoms with van der Waals surface area (Å²) in [5.41, 5.74) is 6.16. The Bertz CT molecular complexity index is 490. The van der Waals surface area contributed by atoms with E-state index in [4.69, 9.17) is 10.2 Å². The van der Waals surface area contributed by atoms with Crippen molar-refractivity contribution in [1.82, 2.24) is 0 Å². The fourth-order valence-electron chi connectivity index (χ4n) is 1.49. The molecule has 2 rings (SSSR count). The molecular weight excluding hydrogens is 188 g/mol. The molecule has 2 nitrogen and oxygen atoms in total. The predicted octanol–water partition coefficient (Wildman–Crippen LogP) is 2.48. The zero-order valence-electron chi connectivity index (χ0n) is 7.60. The Morgan fingerprint density at radius 1 is 1.36 bits per heavy atom. The highest BCUT2D eigenvalue weighted by molar-refractivity contribution is 5.82. The first-order valence-electron chi connectivity index (χ1n) is 4.20. The van der Waals surface area contributed by atoms with E-state index in [1.165, 1.54) is 6.07 Å². The average Bonchev–Trinajstić information content (AvgIpc) is 2.44. The summed E-state index contributed by atoms with van der Waals surface area (Å²) in [4.78, 5) is 0. The van der Waals surface area contributed by atoms with Crippen molar-refractivity contribution in [3.8, 4) is 0 Å². The van der Waals surface area contributed by atoms with E-state index >= 15 is 0 Å². The molecule has 0 unspecified atom stereocenters. The van der Waals surface area contributed by atoms with E-state index in [1.807, 2.05) is 0 Å². The van der Waals surface area contributed by atoms with Gasteiger partial charge in [-0.15, -0.1) is 0 Å². The third-order valence-corrected chi connectivity index (χ3v) is 2.24. The number of halogens is 2. The van der Waals surface area contributed by atoms with Gasteiger partial charge in [-0.25, -0.2) is 8.78 Å². The van der Waals surface area contributed by atoms with Crippen molar-refractivity contribution in [1.29, 1.82) is 0 Å². The van der Waals surface area contributed by atoms with E-state index < -0.39 is 11.6 Å². The van der Waals surface area contributed by atoms with Gasteiger partial charge in [0.15, 0.2) is 11.4 Å². The predicted molar refractivity (Wildman–Crippen MR) is 48.8 cm³/mol. The lowest BCUT2D eigenvalue weighted by Gasteiger charge is -1.92. The third-order valence-electron chi connectivity index (χ3n) is 2.24. The molecule has 0 aliphatic carbocycles. The summed E-state index contributed by atoms with van der Waals surface area (Å²) in [7, 11) is 0. The maximum Gasteiger partial charge on any atom is 0.170 e. The zero-order valence-corrected chi connectivity index (χ0v) is 7.60. The minimum atomic E-state index is -0.692. The molecule has 0 fully saturated rings. The maximum absolute atomic E-state index is 13.2. The lowest BCUT2D eigenvalue weighted by atomic mass is 10.1. The van der Waals surface area contributed by atoms with Gasteiger partial charge in [-0.05, 0) is 18.6 Å². The van der Waals surface area contributed by atoms with Crippen LogP contribution in [0.2, 0.25) is 0 Å². The molecule has 0 radical (unpaired) electrons. The number of aryl methyl sites for hydroxylation is 1. The average molecular weight is 197 g/mol. The normalized spacial score (nSPS) is 11.1. The van der Waals surface area contributed by atoms with Crippen molar-refractivity contribution in [2.45, 2.75) is 13.5 Å². The molecular formula is C10H9F2NO. The number of furan rings is 1. The van der Waals surface area contributed by atoms with Crippen LogP contribution in [-0.2, 0) is 6.54 Å². The standard InChI is InChI=1S/C10H9F2NO/c1-5-7-2-6(11)3-8(12)10(7)14-9(5)4-13/h2-3H,4,13H2,1H3. The van der Waals surface area contributed by atoms with Gasteiger partial charge in [0.05, 0.1) is 6.54 Å². The molecule has 2 aromatic rings. The highest BCUT2D eigenvalue weighted by Crippen LogP contribution is 2.27. The molecule has 1 aromatic heterocycles. The van der Waals surface area contributed by atoms with Gasteiger partial charge in [-0.2, -0.15) is 0 Å². The second-order valence-electron chi connectivity index (χ2n) is 3.12. The first-order valence-corrected chi connectivity index (χ1v) is 4.20. The molecule has 74 valence electrons. The SMILES string of the molecule is Cc1c(CN)oc2c(F)cc(F)cc12. The summed E-state index contributed by atoms with van der Waals surface area (Å²) in [6.45, 7) is 1.91. The largest absolute Gasteiger partial charge is 0.456 e. The van der Waals surface area contributed by atoms with Gasteiger partial charge in [0.1, 0.15) is 11.6 Å². The van der Waals surface area contributed by atoms with Crippen LogP contribution in [0.5, 0.6) is 0 Å². The summed E-state index contributed by atoms with van der Waals surface area (Å²) in [6, 6.07) is 2.04. The fraction of sp³-hybridized carbons (Fsp3) is 0.200. The Kier molecular flexibility index (Phi) is 2.00. The molecule has 1 heterocycles. The Morgan fingerprint density at radius 3 is 2.71 bits per heavy atom. The second kappa shape index (κ2) is 3.06. The summed E-state index contributed by atoms with van der Waals surface area (Å²) >= 11 is 0. The minimum absolute atomic E-state index is 0.0735. The minimum Gasteiger partial charge on any atom is -0.456 e. The first-order chi connectivity index (χ1) is 6.63. The number of hydrogen-bond acceptors (Lipinski definition) is 2. The Morgan fingerprint density at radius 2 is 2.07 bits per heavy atom. The van der Waals surface area contributed by atoms with Gasteiger partial charge in [-0.1, -0.05) is 0 Å². The summed E-state index contributed by atoms with van der Waals surface area (Å²) in [5.74, 6) is -0.810. The smallest absolute Gasteiger partial charge is 0.170 e. The number of nitrogens with two attached hydrogens (primary N) is 1. The maximum atomic E-state index is 13.2. The quantitative estimate of drug-likeness (QED) is 0.762. The lowest BCUT2D eigenvalue weighted by Crippen LogP contribution is -1.95. The van der Waals surface area contributed by atoms with Gasteiger partial charge in [-0.3, -0.25) is 0 Å². The molecule has 0 spiro atoms. The number of rotatable bonds is 1. The molecule has 0 atom stereocenters. The van der Waals surface area contributed by atoms with Crippen LogP contribution in [0.15, 0.2) is 16.5 Å². The summed E-state index contributed by atoms with van der Waals surface area (Å²) in [6.07, 6.45) is 0. The zero-order chi connectivity index (χ0) is 10.3. The molecule has 0 saturated heterocycles. The molecule has 0 aliphatic rings. The third kappa shape index (κ3) is 1.19. The van der Waals surface area contributed by atoms with Gasteiger partial charge in [0.2, 0.25) is 0 Å².